The molecule has 11 heavy (non-hydrogen) atoms. The fourth-order valence-corrected chi connectivity index (χ4v) is 1.88. The van der Waals surface area contributed by atoms with Gasteiger partial charge in [-0.15, -0.1) is 11.8 Å². The zero-order valence-corrected chi connectivity index (χ0v) is 7.35. The number of methoxy groups -OCH3 is 1. The van der Waals surface area contributed by atoms with Gasteiger partial charge in [-0.05, 0) is 17.9 Å². The van der Waals surface area contributed by atoms with E-state index in [0.29, 0.717) is 0 Å². The van der Waals surface area contributed by atoms with Crippen LogP contribution in [0.3, 0.4) is 0 Å². The Morgan fingerprint density at radius 3 is 3.09 bits per heavy atom. The Morgan fingerprint density at radius 2 is 2.55 bits per heavy atom. The molecule has 1 aliphatic heterocycles. The van der Waals surface area contributed by atoms with Gasteiger partial charge in [-0.3, -0.25) is 4.79 Å². The Morgan fingerprint density at radius 1 is 1.82 bits per heavy atom. The zero-order valence-electron chi connectivity index (χ0n) is 6.53. The number of hydrogen-bond acceptors (Lipinski definition) is 3. The summed E-state index contributed by atoms with van der Waals surface area (Å²) in [5.74, 6) is -0.173. The molecule has 1 heterocycles. The molecule has 1 rings (SSSR count). The van der Waals surface area contributed by atoms with Crippen LogP contribution < -0.4 is 0 Å². The van der Waals surface area contributed by atoms with E-state index >= 15 is 0 Å². The maximum absolute atomic E-state index is 11.1. The van der Waals surface area contributed by atoms with Crippen molar-refractivity contribution in [2.24, 2.45) is 0 Å². The highest BCUT2D eigenvalue weighted by Crippen LogP contribution is 2.29. The second kappa shape index (κ2) is 3.62. The highest BCUT2D eigenvalue weighted by Gasteiger charge is 2.24. The van der Waals surface area contributed by atoms with Crippen molar-refractivity contribution < 1.29 is 9.53 Å². The number of hydrogen-bond donors (Lipinski definition) is 0. The van der Waals surface area contributed by atoms with Crippen molar-refractivity contribution in [1.29, 1.82) is 0 Å². The first-order valence-corrected chi connectivity index (χ1v) is 4.30. The number of carbonyl (C=O) groups is 1. The smallest absolute Gasteiger partial charge is 0.323 e. The molecule has 0 bridgehead atoms. The maximum Gasteiger partial charge on any atom is 0.323 e. The first-order valence-electron chi connectivity index (χ1n) is 3.35. The van der Waals surface area contributed by atoms with Crippen molar-refractivity contribution in [2.75, 3.05) is 7.11 Å². The predicted molar refractivity (Wildman–Crippen MR) is 46.3 cm³/mol. The second-order valence-corrected chi connectivity index (χ2v) is 3.15. The summed E-state index contributed by atoms with van der Waals surface area (Å²) in [5, 5.41) is 1.78. The highest BCUT2D eigenvalue weighted by atomic mass is 32.2. The molecule has 0 saturated heterocycles. The van der Waals surface area contributed by atoms with Crippen LogP contribution in [0.5, 0.6) is 0 Å². The van der Waals surface area contributed by atoms with Crippen LogP contribution in [0.4, 0.5) is 0 Å². The predicted octanol–water partition coefficient (Wildman–Crippen LogP) is 1.73. The largest absolute Gasteiger partial charge is 0.468 e. The van der Waals surface area contributed by atoms with Crippen LogP contribution in [-0.4, -0.2) is 18.3 Å². The van der Waals surface area contributed by atoms with E-state index < -0.39 is 0 Å². The highest BCUT2D eigenvalue weighted by molar-refractivity contribution is 8.03. The Labute approximate surface area is 70.3 Å². The van der Waals surface area contributed by atoms with Crippen molar-refractivity contribution in [3.8, 4) is 0 Å². The van der Waals surface area contributed by atoms with Gasteiger partial charge >= 0.3 is 5.97 Å². The zero-order chi connectivity index (χ0) is 8.27. The van der Waals surface area contributed by atoms with Crippen molar-refractivity contribution in [3.05, 3.63) is 23.1 Å². The molecule has 0 spiro atoms. The summed E-state index contributed by atoms with van der Waals surface area (Å²) in [6.45, 7) is 1.92. The van der Waals surface area contributed by atoms with Gasteiger partial charge in [0.05, 0.1) is 7.11 Å². The molecule has 2 nitrogen and oxygen atoms in total. The number of allylic oxidation sites excluding steroid dienone is 2. The van der Waals surface area contributed by atoms with E-state index in [4.69, 9.17) is 0 Å². The Balaban J connectivity index is 2.69. The number of rotatable bonds is 1. The summed E-state index contributed by atoms with van der Waals surface area (Å²) in [4.78, 5) is 11.1. The lowest BCUT2D eigenvalue weighted by molar-refractivity contribution is -0.139. The van der Waals surface area contributed by atoms with Gasteiger partial charge < -0.3 is 4.74 Å². The van der Waals surface area contributed by atoms with E-state index in [-0.39, 0.29) is 11.2 Å². The summed E-state index contributed by atoms with van der Waals surface area (Å²) in [6.07, 6.45) is 3.87. The molecular formula is C8H10O2S. The third-order valence-electron chi connectivity index (χ3n) is 1.53. The van der Waals surface area contributed by atoms with Crippen LogP contribution in [-0.2, 0) is 9.53 Å². The molecule has 1 atom stereocenters. The van der Waals surface area contributed by atoms with Gasteiger partial charge in [0, 0.05) is 0 Å². The number of carbonyl (C=O) groups excluding carboxylic acids is 1. The molecule has 0 radical (unpaired) electrons. The molecule has 0 fully saturated rings. The molecule has 0 aromatic carbocycles. The van der Waals surface area contributed by atoms with Gasteiger partial charge in [-0.2, -0.15) is 0 Å². The Kier molecular flexibility index (Phi) is 2.76. The van der Waals surface area contributed by atoms with Crippen LogP contribution in [0.25, 0.3) is 0 Å². The van der Waals surface area contributed by atoms with E-state index in [9.17, 15) is 4.79 Å². The van der Waals surface area contributed by atoms with Crippen LogP contribution in [0.15, 0.2) is 23.1 Å². The number of ether oxygens (including phenoxy) is 1. The van der Waals surface area contributed by atoms with Gasteiger partial charge in [0.1, 0.15) is 5.25 Å². The van der Waals surface area contributed by atoms with Crippen LogP contribution in [0.1, 0.15) is 6.92 Å². The molecule has 0 aromatic heterocycles. The molecule has 1 unspecified atom stereocenters. The fourth-order valence-electron chi connectivity index (χ4n) is 0.909. The minimum absolute atomic E-state index is 0.134. The normalized spacial score (nSPS) is 26.0. The summed E-state index contributed by atoms with van der Waals surface area (Å²) < 4.78 is 4.63. The average molecular weight is 170 g/mol. The standard InChI is InChI=1S/C8H10O2S/c1-3-6-4-5-11-7(6)8(9)10-2/h3-5,7H,1-2H3. The quantitative estimate of drug-likeness (QED) is 0.561. The van der Waals surface area contributed by atoms with E-state index in [1.807, 2.05) is 24.5 Å². The fraction of sp³-hybridized carbons (Fsp3) is 0.375. The molecule has 0 N–H and O–H groups in total. The molecule has 1 aliphatic rings. The molecule has 0 saturated carbocycles. The molecule has 0 aromatic rings. The van der Waals surface area contributed by atoms with E-state index in [1.165, 1.54) is 18.9 Å². The Bertz CT molecular complexity index is 218. The summed E-state index contributed by atoms with van der Waals surface area (Å²) >= 11 is 1.48. The summed E-state index contributed by atoms with van der Waals surface area (Å²) in [5.41, 5.74) is 1.03. The lowest BCUT2D eigenvalue weighted by Crippen LogP contribution is -2.17. The maximum atomic E-state index is 11.1. The molecule has 0 amide bonds. The van der Waals surface area contributed by atoms with E-state index in [1.54, 1.807) is 0 Å². The summed E-state index contributed by atoms with van der Waals surface area (Å²) in [7, 11) is 1.41. The lowest BCUT2D eigenvalue weighted by Gasteiger charge is -2.06. The van der Waals surface area contributed by atoms with Crippen LogP contribution in [0.2, 0.25) is 0 Å². The molecular weight excluding hydrogens is 160 g/mol. The second-order valence-electron chi connectivity index (χ2n) is 2.13. The minimum Gasteiger partial charge on any atom is -0.468 e. The van der Waals surface area contributed by atoms with Crippen molar-refractivity contribution in [1.82, 2.24) is 0 Å². The third kappa shape index (κ3) is 1.66. The van der Waals surface area contributed by atoms with E-state index in [2.05, 4.69) is 4.74 Å². The van der Waals surface area contributed by atoms with Gasteiger partial charge in [0.15, 0.2) is 0 Å². The van der Waals surface area contributed by atoms with Gasteiger partial charge in [0.25, 0.3) is 0 Å². The third-order valence-corrected chi connectivity index (χ3v) is 2.56. The first-order chi connectivity index (χ1) is 5.29. The van der Waals surface area contributed by atoms with Gasteiger partial charge in [-0.25, -0.2) is 0 Å². The number of thioether (sulfide) groups is 1. The van der Waals surface area contributed by atoms with Crippen molar-refractivity contribution in [3.63, 3.8) is 0 Å². The topological polar surface area (TPSA) is 26.3 Å². The molecule has 60 valence electrons. The summed E-state index contributed by atoms with van der Waals surface area (Å²) in [6, 6.07) is 0. The van der Waals surface area contributed by atoms with E-state index in [0.717, 1.165) is 5.57 Å². The van der Waals surface area contributed by atoms with Crippen LogP contribution in [0, 0.1) is 0 Å². The van der Waals surface area contributed by atoms with Gasteiger partial charge in [-0.1, -0.05) is 12.2 Å². The van der Waals surface area contributed by atoms with Crippen LogP contribution >= 0.6 is 11.8 Å². The first kappa shape index (κ1) is 8.40. The lowest BCUT2D eigenvalue weighted by atomic mass is 10.2. The molecule has 0 aliphatic carbocycles. The van der Waals surface area contributed by atoms with Gasteiger partial charge in [0.2, 0.25) is 0 Å². The van der Waals surface area contributed by atoms with Crippen molar-refractivity contribution in [2.45, 2.75) is 12.2 Å². The molecule has 3 heteroatoms. The van der Waals surface area contributed by atoms with Crippen molar-refractivity contribution >= 4 is 17.7 Å². The average Bonchev–Trinajstić information content (AvgIpc) is 2.50. The minimum atomic E-state index is -0.173. The number of esters is 1. The monoisotopic (exact) mass is 170 g/mol. The Hall–Kier alpha value is -0.700. The SMILES string of the molecule is CC=C1C=CSC1C(=O)OC.